The molecule has 2 aromatic carbocycles. The first-order valence-electron chi connectivity index (χ1n) is 8.28. The molecule has 1 aromatic heterocycles. The Morgan fingerprint density at radius 2 is 1.61 bits per heavy atom. The minimum absolute atomic E-state index is 0.0301. The first-order valence-corrected chi connectivity index (χ1v) is 9.76. The van der Waals surface area contributed by atoms with E-state index in [4.69, 9.17) is 5.26 Å². The Balaban J connectivity index is 1.66. The molecule has 7 nitrogen and oxygen atoms in total. The molecule has 0 saturated carbocycles. The van der Waals surface area contributed by atoms with E-state index in [1.165, 1.54) is 48.5 Å². The van der Waals surface area contributed by atoms with Crippen LogP contribution in [0.15, 0.2) is 78.0 Å². The van der Waals surface area contributed by atoms with Crippen LogP contribution in [0, 0.1) is 11.3 Å². The fourth-order valence-electron chi connectivity index (χ4n) is 2.40. The largest absolute Gasteiger partial charge is 0.348 e. The number of benzene rings is 2. The molecule has 0 aliphatic rings. The Kier molecular flexibility index (Phi) is 5.67. The number of pyridine rings is 1. The van der Waals surface area contributed by atoms with Gasteiger partial charge in [-0.2, -0.15) is 5.26 Å². The highest BCUT2D eigenvalue weighted by Crippen LogP contribution is 2.17. The van der Waals surface area contributed by atoms with Gasteiger partial charge in [0.2, 0.25) is 0 Å². The summed E-state index contributed by atoms with van der Waals surface area (Å²) >= 11 is 0. The molecule has 1 heterocycles. The molecule has 8 heteroatoms. The van der Waals surface area contributed by atoms with Gasteiger partial charge in [-0.3, -0.25) is 14.5 Å². The van der Waals surface area contributed by atoms with Crippen molar-refractivity contribution in [3.05, 3.63) is 89.7 Å². The predicted octanol–water partition coefficient (Wildman–Crippen LogP) is 2.68. The van der Waals surface area contributed by atoms with Crippen LogP contribution in [0.3, 0.4) is 0 Å². The average Bonchev–Trinajstić information content (AvgIpc) is 2.73. The highest BCUT2D eigenvalue weighted by molar-refractivity contribution is 7.92. The van der Waals surface area contributed by atoms with E-state index >= 15 is 0 Å². The van der Waals surface area contributed by atoms with Crippen molar-refractivity contribution < 1.29 is 13.2 Å². The molecular weight excluding hydrogens is 376 g/mol. The van der Waals surface area contributed by atoms with Crippen molar-refractivity contribution in [3.63, 3.8) is 0 Å². The van der Waals surface area contributed by atoms with Crippen molar-refractivity contribution in [2.24, 2.45) is 0 Å². The highest BCUT2D eigenvalue weighted by atomic mass is 32.2. The lowest BCUT2D eigenvalue weighted by molar-refractivity contribution is 0.0951. The van der Waals surface area contributed by atoms with E-state index in [2.05, 4.69) is 15.0 Å². The van der Waals surface area contributed by atoms with E-state index in [9.17, 15) is 13.2 Å². The summed E-state index contributed by atoms with van der Waals surface area (Å²) in [5.41, 5.74) is 2.05. The van der Waals surface area contributed by atoms with Crippen LogP contribution in [-0.4, -0.2) is 19.3 Å². The third kappa shape index (κ3) is 4.72. The van der Waals surface area contributed by atoms with Gasteiger partial charge in [0.15, 0.2) is 0 Å². The number of aromatic nitrogens is 1. The quantitative estimate of drug-likeness (QED) is 0.670. The van der Waals surface area contributed by atoms with Gasteiger partial charge in [-0.1, -0.05) is 0 Å². The minimum Gasteiger partial charge on any atom is -0.348 e. The van der Waals surface area contributed by atoms with E-state index < -0.39 is 10.0 Å². The third-order valence-electron chi connectivity index (χ3n) is 3.90. The smallest absolute Gasteiger partial charge is 0.261 e. The van der Waals surface area contributed by atoms with Crippen LogP contribution in [0.5, 0.6) is 0 Å². The van der Waals surface area contributed by atoms with Crippen molar-refractivity contribution >= 4 is 21.6 Å². The van der Waals surface area contributed by atoms with E-state index in [0.717, 1.165) is 5.56 Å². The van der Waals surface area contributed by atoms with E-state index in [0.29, 0.717) is 23.4 Å². The van der Waals surface area contributed by atoms with E-state index in [1.54, 1.807) is 24.5 Å². The number of carbonyl (C=O) groups is 1. The molecule has 0 atom stereocenters. The molecule has 28 heavy (non-hydrogen) atoms. The minimum atomic E-state index is -3.80. The number of carbonyl (C=O) groups excluding carboxylic acids is 1. The maximum Gasteiger partial charge on any atom is 0.261 e. The Morgan fingerprint density at radius 1 is 0.964 bits per heavy atom. The first-order chi connectivity index (χ1) is 13.5. The SMILES string of the molecule is N#Cc1ccc(NS(=O)(=O)c2ccc(C(=O)NCc3ccncc3)cc2)cc1. The molecule has 0 aliphatic heterocycles. The van der Waals surface area contributed by atoms with Crippen LogP contribution in [0.1, 0.15) is 21.5 Å². The molecule has 3 rings (SSSR count). The topological polar surface area (TPSA) is 112 Å². The molecule has 1 amide bonds. The third-order valence-corrected chi connectivity index (χ3v) is 5.29. The second-order valence-electron chi connectivity index (χ2n) is 5.86. The molecule has 2 N–H and O–H groups in total. The number of nitriles is 1. The van der Waals surface area contributed by atoms with Gasteiger partial charge in [0.25, 0.3) is 15.9 Å². The van der Waals surface area contributed by atoms with Gasteiger partial charge in [-0.25, -0.2) is 8.42 Å². The van der Waals surface area contributed by atoms with Gasteiger partial charge < -0.3 is 5.32 Å². The highest BCUT2D eigenvalue weighted by Gasteiger charge is 2.15. The number of nitrogens with one attached hydrogen (secondary N) is 2. The number of nitrogens with zero attached hydrogens (tertiary/aromatic N) is 2. The summed E-state index contributed by atoms with van der Waals surface area (Å²) in [6, 6.07) is 17.3. The Hall–Kier alpha value is -3.70. The number of sulfonamides is 1. The summed E-state index contributed by atoms with van der Waals surface area (Å²) in [6.07, 6.45) is 3.28. The fraction of sp³-hybridized carbons (Fsp3) is 0.0500. The van der Waals surface area contributed by atoms with Gasteiger partial charge in [-0.15, -0.1) is 0 Å². The zero-order valence-electron chi connectivity index (χ0n) is 14.7. The Labute approximate surface area is 162 Å². The molecule has 0 spiro atoms. The van der Waals surface area contributed by atoms with Crippen molar-refractivity contribution in [1.29, 1.82) is 5.26 Å². The molecule has 0 saturated heterocycles. The van der Waals surface area contributed by atoms with Crippen molar-refractivity contribution in [3.8, 4) is 6.07 Å². The summed E-state index contributed by atoms with van der Waals surface area (Å²) in [7, 11) is -3.80. The van der Waals surface area contributed by atoms with Crippen molar-refractivity contribution in [2.45, 2.75) is 11.4 Å². The molecule has 0 fully saturated rings. The summed E-state index contributed by atoms with van der Waals surface area (Å²) in [6.45, 7) is 0.349. The Bertz CT molecular complexity index is 1100. The molecule has 140 valence electrons. The lowest BCUT2D eigenvalue weighted by Gasteiger charge is -2.09. The monoisotopic (exact) mass is 392 g/mol. The van der Waals surface area contributed by atoms with Gasteiger partial charge in [0.1, 0.15) is 0 Å². The van der Waals surface area contributed by atoms with Crippen LogP contribution in [0.4, 0.5) is 5.69 Å². The summed E-state index contributed by atoms with van der Waals surface area (Å²) < 4.78 is 27.4. The lowest BCUT2D eigenvalue weighted by atomic mass is 10.2. The number of rotatable bonds is 6. The van der Waals surface area contributed by atoms with Gasteiger partial charge in [0.05, 0.1) is 16.5 Å². The molecule has 0 unspecified atom stereocenters. The Morgan fingerprint density at radius 3 is 2.21 bits per heavy atom. The zero-order valence-corrected chi connectivity index (χ0v) is 15.5. The van der Waals surface area contributed by atoms with Gasteiger partial charge in [0, 0.05) is 30.2 Å². The summed E-state index contributed by atoms with van der Waals surface area (Å²) in [4.78, 5) is 16.2. The van der Waals surface area contributed by atoms with Crippen LogP contribution in [0.2, 0.25) is 0 Å². The second kappa shape index (κ2) is 8.33. The number of amides is 1. The maximum atomic E-state index is 12.5. The molecular formula is C20H16N4O3S. The number of hydrogen-bond acceptors (Lipinski definition) is 5. The molecule has 0 aliphatic carbocycles. The molecule has 3 aromatic rings. The predicted molar refractivity (Wildman–Crippen MR) is 104 cm³/mol. The lowest BCUT2D eigenvalue weighted by Crippen LogP contribution is -2.23. The van der Waals surface area contributed by atoms with Gasteiger partial charge in [-0.05, 0) is 66.2 Å². The van der Waals surface area contributed by atoms with E-state index in [1.807, 2.05) is 6.07 Å². The number of anilines is 1. The normalized spacial score (nSPS) is 10.7. The van der Waals surface area contributed by atoms with E-state index in [-0.39, 0.29) is 10.8 Å². The van der Waals surface area contributed by atoms with Gasteiger partial charge >= 0.3 is 0 Å². The summed E-state index contributed by atoms with van der Waals surface area (Å²) in [5, 5.41) is 11.6. The molecule has 0 bridgehead atoms. The van der Waals surface area contributed by atoms with Crippen LogP contribution in [-0.2, 0) is 16.6 Å². The maximum absolute atomic E-state index is 12.5. The van der Waals surface area contributed by atoms with Crippen molar-refractivity contribution in [1.82, 2.24) is 10.3 Å². The second-order valence-corrected chi connectivity index (χ2v) is 7.54. The van der Waals surface area contributed by atoms with Crippen LogP contribution >= 0.6 is 0 Å². The molecule has 0 radical (unpaired) electrons. The van der Waals surface area contributed by atoms with Crippen molar-refractivity contribution in [2.75, 3.05) is 4.72 Å². The zero-order chi connectivity index (χ0) is 20.0. The first kappa shape index (κ1) is 19.1. The van der Waals surface area contributed by atoms with Crippen LogP contribution in [0.25, 0.3) is 0 Å². The van der Waals surface area contributed by atoms with Crippen LogP contribution < -0.4 is 10.0 Å². The fourth-order valence-corrected chi connectivity index (χ4v) is 3.46. The standard InChI is InChI=1S/C20H16N4O3S/c21-13-15-1-5-18(6-2-15)24-28(26,27)19-7-3-17(4-8-19)20(25)23-14-16-9-11-22-12-10-16/h1-12,24H,14H2,(H,23,25). The average molecular weight is 392 g/mol. The summed E-state index contributed by atoms with van der Waals surface area (Å²) in [5.74, 6) is -0.305. The number of hydrogen-bond donors (Lipinski definition) is 2.